The van der Waals surface area contributed by atoms with Gasteiger partial charge in [0.1, 0.15) is 11.5 Å². The molecule has 11 heteroatoms. The molecule has 0 aliphatic heterocycles. The van der Waals surface area contributed by atoms with Gasteiger partial charge in [0.15, 0.2) is 17.3 Å². The topological polar surface area (TPSA) is 87.1 Å². The maximum absolute atomic E-state index is 13.0. The summed E-state index contributed by atoms with van der Waals surface area (Å²) in [6.07, 6.45) is 1.80. The molecule has 0 bridgehead atoms. The Kier molecular flexibility index (Phi) is 8.80. The van der Waals surface area contributed by atoms with Crippen molar-refractivity contribution in [1.82, 2.24) is 19.9 Å². The van der Waals surface area contributed by atoms with E-state index < -0.39 is 23.3 Å². The molecule has 0 saturated heterocycles. The van der Waals surface area contributed by atoms with Crippen LogP contribution < -0.4 is 0 Å². The lowest BCUT2D eigenvalue weighted by Crippen LogP contribution is -2.10. The largest absolute Gasteiger partial charge is 0.492 e. The summed E-state index contributed by atoms with van der Waals surface area (Å²) in [4.78, 5) is 24.9. The molecule has 0 spiro atoms. The Morgan fingerprint density at radius 2 is 1.46 bits per heavy atom. The van der Waals surface area contributed by atoms with E-state index in [1.807, 2.05) is 0 Å². The van der Waals surface area contributed by atoms with Gasteiger partial charge >= 0.3 is 5.97 Å². The average Bonchev–Trinajstić information content (AvgIpc) is 2.60. The molecule has 2 heterocycles. The monoisotopic (exact) mass is 406 g/mol. The fraction of sp³-hybridized carbons (Fsp3) is 0.267. The van der Waals surface area contributed by atoms with Gasteiger partial charge in [-0.25, -0.2) is 33.5 Å². The first-order valence-electron chi connectivity index (χ1n) is 7.15. The van der Waals surface area contributed by atoms with E-state index in [9.17, 15) is 13.6 Å². The third-order valence-electron chi connectivity index (χ3n) is 2.48. The van der Waals surface area contributed by atoms with E-state index in [0.717, 1.165) is 12.4 Å². The van der Waals surface area contributed by atoms with E-state index in [0.29, 0.717) is 6.61 Å². The van der Waals surface area contributed by atoms with Crippen LogP contribution in [-0.4, -0.2) is 39.1 Å². The smallest absolute Gasteiger partial charge is 0.360 e. The Bertz CT molecular complexity index is 728. The van der Waals surface area contributed by atoms with Gasteiger partial charge in [-0.3, -0.25) is 0 Å². The van der Waals surface area contributed by atoms with E-state index in [2.05, 4.69) is 31.3 Å². The van der Waals surface area contributed by atoms with Crippen molar-refractivity contribution < 1.29 is 23.0 Å². The summed E-state index contributed by atoms with van der Waals surface area (Å²) in [5.41, 5.74) is -0.441. The minimum atomic E-state index is -0.845. The standard InChI is InChI=1S/C8H8ClFN2O.C7H6ClFN2O2/c1-3-13-5(2)7-6(10)4-11-8(9)12-7;1-2-13-6(12)5-4(9)3-10-7(8)11-5/h4H,2-3H2,1H3;3H,2H2,1H3. The van der Waals surface area contributed by atoms with E-state index in [-0.39, 0.29) is 28.6 Å². The highest BCUT2D eigenvalue weighted by atomic mass is 35.5. The maximum atomic E-state index is 13.0. The van der Waals surface area contributed by atoms with Crippen LogP contribution in [0.5, 0.6) is 0 Å². The van der Waals surface area contributed by atoms with Crippen molar-refractivity contribution in [3.63, 3.8) is 0 Å². The van der Waals surface area contributed by atoms with Gasteiger partial charge in [-0.2, -0.15) is 0 Å². The van der Waals surface area contributed by atoms with Crippen LogP contribution in [0.4, 0.5) is 8.78 Å². The zero-order chi connectivity index (χ0) is 19.7. The molecule has 0 radical (unpaired) electrons. The first-order valence-corrected chi connectivity index (χ1v) is 7.90. The number of ether oxygens (including phenoxy) is 2. The van der Waals surface area contributed by atoms with Crippen molar-refractivity contribution in [3.8, 4) is 0 Å². The molecule has 2 rings (SSSR count). The SMILES string of the molecule is C=C(OCC)c1nc(Cl)ncc1F.CCOC(=O)c1nc(Cl)ncc1F. The Balaban J connectivity index is 0.000000260. The molecule has 7 nitrogen and oxygen atoms in total. The second kappa shape index (κ2) is 10.6. The van der Waals surface area contributed by atoms with Crippen LogP contribution >= 0.6 is 23.2 Å². The lowest BCUT2D eigenvalue weighted by molar-refractivity contribution is 0.0513. The fourth-order valence-corrected chi connectivity index (χ4v) is 1.74. The summed E-state index contributed by atoms with van der Waals surface area (Å²) in [6.45, 7) is 7.44. The van der Waals surface area contributed by atoms with Crippen LogP contribution in [0.2, 0.25) is 10.6 Å². The van der Waals surface area contributed by atoms with E-state index in [4.69, 9.17) is 27.9 Å². The second-order valence-corrected chi connectivity index (χ2v) is 4.92. The third kappa shape index (κ3) is 6.49. The van der Waals surface area contributed by atoms with Crippen molar-refractivity contribution in [2.45, 2.75) is 13.8 Å². The first kappa shape index (κ1) is 21.7. The van der Waals surface area contributed by atoms with Gasteiger partial charge in [-0.05, 0) is 37.0 Å². The molecule has 0 fully saturated rings. The van der Waals surface area contributed by atoms with Crippen LogP contribution in [0.15, 0.2) is 19.0 Å². The van der Waals surface area contributed by atoms with E-state index >= 15 is 0 Å². The molecule has 0 N–H and O–H groups in total. The Hall–Kier alpha value is -2.39. The zero-order valence-corrected chi connectivity index (χ0v) is 15.3. The molecular formula is C15H14Cl2F2N4O3. The first-order chi connectivity index (χ1) is 12.3. The minimum Gasteiger partial charge on any atom is -0.492 e. The van der Waals surface area contributed by atoms with Crippen molar-refractivity contribution >= 4 is 34.9 Å². The number of carbonyl (C=O) groups is 1. The number of hydrogen-bond donors (Lipinski definition) is 0. The number of aromatic nitrogens is 4. The molecule has 0 amide bonds. The quantitative estimate of drug-likeness (QED) is 0.424. The van der Waals surface area contributed by atoms with E-state index in [1.54, 1.807) is 13.8 Å². The van der Waals surface area contributed by atoms with Gasteiger partial charge in [-0.1, -0.05) is 6.58 Å². The van der Waals surface area contributed by atoms with Crippen LogP contribution in [0.25, 0.3) is 5.76 Å². The third-order valence-corrected chi connectivity index (χ3v) is 2.85. The van der Waals surface area contributed by atoms with Gasteiger partial charge in [0, 0.05) is 0 Å². The maximum Gasteiger partial charge on any atom is 0.360 e. The normalized spacial score (nSPS) is 9.77. The Labute approximate surface area is 158 Å². The molecule has 0 aliphatic carbocycles. The number of rotatable bonds is 5. The fourth-order valence-electron chi connectivity index (χ4n) is 1.47. The number of nitrogens with zero attached hydrogens (tertiary/aromatic N) is 4. The van der Waals surface area contributed by atoms with Gasteiger partial charge in [0.05, 0.1) is 25.6 Å². The lowest BCUT2D eigenvalue weighted by atomic mass is 10.3. The van der Waals surface area contributed by atoms with Crippen molar-refractivity contribution in [3.05, 3.63) is 52.6 Å². The number of carbonyl (C=O) groups excluding carboxylic acids is 1. The molecule has 0 saturated carbocycles. The van der Waals surface area contributed by atoms with Crippen LogP contribution in [0.3, 0.4) is 0 Å². The molecule has 0 aliphatic rings. The predicted molar refractivity (Wildman–Crippen MR) is 90.6 cm³/mol. The van der Waals surface area contributed by atoms with Gasteiger partial charge in [0.25, 0.3) is 0 Å². The Morgan fingerprint density at radius 1 is 1.00 bits per heavy atom. The number of halogens is 4. The average molecular weight is 407 g/mol. The van der Waals surface area contributed by atoms with Crippen LogP contribution in [-0.2, 0) is 9.47 Å². The van der Waals surface area contributed by atoms with Crippen molar-refractivity contribution in [2.24, 2.45) is 0 Å². The highest BCUT2D eigenvalue weighted by Gasteiger charge is 2.15. The molecule has 2 aromatic heterocycles. The highest BCUT2D eigenvalue weighted by Crippen LogP contribution is 2.16. The lowest BCUT2D eigenvalue weighted by Gasteiger charge is -2.06. The summed E-state index contributed by atoms with van der Waals surface area (Å²) in [6, 6.07) is 0. The van der Waals surface area contributed by atoms with Gasteiger partial charge in [0.2, 0.25) is 10.6 Å². The minimum absolute atomic E-state index is 0.00171. The second-order valence-electron chi connectivity index (χ2n) is 4.25. The summed E-state index contributed by atoms with van der Waals surface area (Å²) in [5.74, 6) is -2.13. The van der Waals surface area contributed by atoms with Gasteiger partial charge in [-0.15, -0.1) is 0 Å². The highest BCUT2D eigenvalue weighted by molar-refractivity contribution is 6.28. The molecular weight excluding hydrogens is 393 g/mol. The van der Waals surface area contributed by atoms with E-state index in [1.165, 1.54) is 0 Å². The summed E-state index contributed by atoms with van der Waals surface area (Å²) in [7, 11) is 0. The van der Waals surface area contributed by atoms with Crippen molar-refractivity contribution in [2.75, 3.05) is 13.2 Å². The predicted octanol–water partition coefficient (Wildman–Crippen LogP) is 3.72. The number of esters is 1. The molecule has 0 unspecified atom stereocenters. The zero-order valence-electron chi connectivity index (χ0n) is 13.8. The summed E-state index contributed by atoms with van der Waals surface area (Å²) >= 11 is 10.8. The molecule has 26 heavy (non-hydrogen) atoms. The van der Waals surface area contributed by atoms with Crippen LogP contribution in [0.1, 0.15) is 30.0 Å². The molecule has 140 valence electrons. The molecule has 2 aromatic rings. The molecule has 0 aromatic carbocycles. The summed E-state index contributed by atoms with van der Waals surface area (Å²) < 4.78 is 35.4. The summed E-state index contributed by atoms with van der Waals surface area (Å²) in [5, 5.41) is -0.221. The molecule has 0 atom stereocenters. The van der Waals surface area contributed by atoms with Gasteiger partial charge < -0.3 is 9.47 Å². The van der Waals surface area contributed by atoms with Crippen LogP contribution in [0, 0.1) is 11.6 Å². The number of hydrogen-bond acceptors (Lipinski definition) is 7. The Morgan fingerprint density at radius 3 is 1.96 bits per heavy atom. The van der Waals surface area contributed by atoms with Crippen molar-refractivity contribution in [1.29, 1.82) is 0 Å².